The number of aromatic nitrogens is 2. The van der Waals surface area contributed by atoms with Crippen LogP contribution in [0.4, 0.5) is 13.2 Å². The normalized spacial score (nSPS) is 11.2. The summed E-state index contributed by atoms with van der Waals surface area (Å²) in [5, 5.41) is 20.4. The molecule has 0 saturated heterocycles. The highest BCUT2D eigenvalue weighted by Crippen LogP contribution is 2.37. The van der Waals surface area contributed by atoms with E-state index in [9.17, 15) is 13.2 Å². The number of halogens is 3. The van der Waals surface area contributed by atoms with E-state index in [1.165, 1.54) is 11.3 Å². The van der Waals surface area contributed by atoms with E-state index in [1.54, 1.807) is 12.3 Å². The second-order valence-electron chi connectivity index (χ2n) is 4.60. The number of aromatic hydroxyl groups is 1. The Morgan fingerprint density at radius 1 is 1.17 bits per heavy atom. The number of phenols is 1. The number of benzene rings is 1. The zero-order chi connectivity index (χ0) is 16.7. The molecule has 0 spiro atoms. The van der Waals surface area contributed by atoms with Crippen LogP contribution in [-0.2, 0) is 6.61 Å². The Morgan fingerprint density at radius 2 is 1.91 bits per heavy atom. The molecule has 120 valence electrons. The van der Waals surface area contributed by atoms with Gasteiger partial charge in [0.15, 0.2) is 17.4 Å². The molecule has 4 nitrogen and oxygen atoms in total. The van der Waals surface area contributed by atoms with E-state index in [2.05, 4.69) is 9.97 Å². The van der Waals surface area contributed by atoms with Gasteiger partial charge in [0.05, 0.1) is 28.4 Å². The van der Waals surface area contributed by atoms with E-state index >= 15 is 0 Å². The first-order chi connectivity index (χ1) is 10.9. The lowest BCUT2D eigenvalue weighted by molar-refractivity contribution is 0.281. The summed E-state index contributed by atoms with van der Waals surface area (Å²) in [6.45, 7) is 1.54. The Bertz CT molecular complexity index is 893. The van der Waals surface area contributed by atoms with Gasteiger partial charge in [-0.3, -0.25) is 0 Å². The molecule has 0 atom stereocenters. The summed E-state index contributed by atoms with van der Waals surface area (Å²) in [5.74, 6) is -5.61. The maximum atomic E-state index is 13.9. The molecule has 0 bridgehead atoms. The highest BCUT2D eigenvalue weighted by atomic mass is 32.1. The van der Waals surface area contributed by atoms with Crippen molar-refractivity contribution in [2.45, 2.75) is 13.5 Å². The van der Waals surface area contributed by atoms with Gasteiger partial charge in [-0.1, -0.05) is 0 Å². The Kier molecular flexibility index (Phi) is 4.09. The third-order valence-corrected chi connectivity index (χ3v) is 5.12. The molecule has 0 aliphatic rings. The van der Waals surface area contributed by atoms with Crippen LogP contribution in [0.15, 0.2) is 11.4 Å². The SMILES string of the molecule is Cc1nc(CO)sc1-c1csc(-c2cc(F)c(O)c(F)c2F)n1. The van der Waals surface area contributed by atoms with Crippen LogP contribution in [0.3, 0.4) is 0 Å². The van der Waals surface area contributed by atoms with Crippen LogP contribution in [-0.4, -0.2) is 20.2 Å². The molecule has 0 amide bonds. The van der Waals surface area contributed by atoms with Crippen LogP contribution in [0.25, 0.3) is 21.1 Å². The van der Waals surface area contributed by atoms with E-state index in [-0.39, 0.29) is 17.2 Å². The monoisotopic (exact) mass is 358 g/mol. The van der Waals surface area contributed by atoms with Crippen molar-refractivity contribution in [2.75, 3.05) is 0 Å². The van der Waals surface area contributed by atoms with Crippen molar-refractivity contribution in [3.8, 4) is 26.9 Å². The second-order valence-corrected chi connectivity index (χ2v) is 6.54. The van der Waals surface area contributed by atoms with Crippen LogP contribution in [0.2, 0.25) is 0 Å². The molecule has 2 heterocycles. The van der Waals surface area contributed by atoms with Gasteiger partial charge in [-0.25, -0.2) is 18.7 Å². The van der Waals surface area contributed by atoms with Gasteiger partial charge in [0.1, 0.15) is 10.0 Å². The smallest absolute Gasteiger partial charge is 0.204 e. The number of hydrogen-bond donors (Lipinski definition) is 2. The molecule has 0 aliphatic carbocycles. The number of phenolic OH excluding ortho intramolecular Hbond substituents is 1. The van der Waals surface area contributed by atoms with Crippen molar-refractivity contribution in [1.82, 2.24) is 9.97 Å². The fourth-order valence-corrected chi connectivity index (χ4v) is 3.78. The quantitative estimate of drug-likeness (QED) is 0.698. The Labute approximate surface area is 136 Å². The highest BCUT2D eigenvalue weighted by molar-refractivity contribution is 7.16. The molecule has 3 aromatic rings. The van der Waals surface area contributed by atoms with Crippen molar-refractivity contribution in [3.63, 3.8) is 0 Å². The van der Waals surface area contributed by atoms with E-state index in [1.807, 2.05) is 0 Å². The standard InChI is InChI=1S/C14H9F3N2O2S2/c1-5-13(23-9(3-20)18-5)8-4-22-14(19-8)6-2-7(15)12(21)11(17)10(6)16/h2,4,20-21H,3H2,1H3. The molecule has 23 heavy (non-hydrogen) atoms. The predicted molar refractivity (Wildman–Crippen MR) is 80.9 cm³/mol. The topological polar surface area (TPSA) is 66.2 Å². The molecule has 0 saturated carbocycles. The summed E-state index contributed by atoms with van der Waals surface area (Å²) in [4.78, 5) is 9.03. The number of rotatable bonds is 3. The van der Waals surface area contributed by atoms with Gasteiger partial charge in [-0.2, -0.15) is 4.39 Å². The number of aryl methyl sites for hydroxylation is 1. The molecule has 1 aromatic carbocycles. The predicted octanol–water partition coefficient (Wildman–Crippen LogP) is 3.86. The summed E-state index contributed by atoms with van der Waals surface area (Å²) in [5.41, 5.74) is 0.769. The van der Waals surface area contributed by atoms with E-state index in [0.29, 0.717) is 27.3 Å². The van der Waals surface area contributed by atoms with Crippen LogP contribution in [0.1, 0.15) is 10.7 Å². The van der Waals surface area contributed by atoms with Crippen molar-refractivity contribution in [2.24, 2.45) is 0 Å². The molecule has 9 heteroatoms. The van der Waals surface area contributed by atoms with Crippen LogP contribution in [0.5, 0.6) is 5.75 Å². The van der Waals surface area contributed by atoms with Gasteiger partial charge in [0.25, 0.3) is 0 Å². The van der Waals surface area contributed by atoms with Gasteiger partial charge < -0.3 is 10.2 Å². The second kappa shape index (κ2) is 5.91. The van der Waals surface area contributed by atoms with Crippen molar-refractivity contribution < 1.29 is 23.4 Å². The zero-order valence-electron chi connectivity index (χ0n) is 11.6. The third kappa shape index (κ3) is 2.71. The first-order valence-corrected chi connectivity index (χ1v) is 8.02. The lowest BCUT2D eigenvalue weighted by Gasteiger charge is -2.03. The van der Waals surface area contributed by atoms with Crippen LogP contribution < -0.4 is 0 Å². The maximum Gasteiger partial charge on any atom is 0.204 e. The minimum atomic E-state index is -1.65. The molecular formula is C14H9F3N2O2S2. The van der Waals surface area contributed by atoms with Crippen LogP contribution >= 0.6 is 22.7 Å². The number of thiazole rings is 2. The first-order valence-electron chi connectivity index (χ1n) is 6.32. The Balaban J connectivity index is 2.08. The Morgan fingerprint density at radius 3 is 2.57 bits per heavy atom. The molecule has 0 fully saturated rings. The number of aliphatic hydroxyl groups excluding tert-OH is 1. The summed E-state index contributed by atoms with van der Waals surface area (Å²) in [6.07, 6.45) is 0. The van der Waals surface area contributed by atoms with E-state index < -0.39 is 23.2 Å². The average molecular weight is 358 g/mol. The lowest BCUT2D eigenvalue weighted by Crippen LogP contribution is -1.93. The summed E-state index contributed by atoms with van der Waals surface area (Å²) < 4.78 is 40.8. The zero-order valence-corrected chi connectivity index (χ0v) is 13.2. The summed E-state index contributed by atoms with van der Waals surface area (Å²) in [7, 11) is 0. The van der Waals surface area contributed by atoms with E-state index in [0.717, 1.165) is 11.3 Å². The molecule has 0 unspecified atom stereocenters. The van der Waals surface area contributed by atoms with Gasteiger partial charge >= 0.3 is 0 Å². The molecule has 0 aliphatic heterocycles. The molecule has 2 aromatic heterocycles. The first kappa shape index (κ1) is 15.9. The van der Waals surface area contributed by atoms with Crippen LogP contribution in [0, 0.1) is 24.4 Å². The minimum absolute atomic E-state index is 0.0775. The highest BCUT2D eigenvalue weighted by Gasteiger charge is 2.22. The lowest BCUT2D eigenvalue weighted by atomic mass is 10.2. The molecular weight excluding hydrogens is 349 g/mol. The maximum absolute atomic E-state index is 13.9. The average Bonchev–Trinajstić information content (AvgIpc) is 3.15. The number of nitrogens with zero attached hydrogens (tertiary/aromatic N) is 2. The van der Waals surface area contributed by atoms with Crippen molar-refractivity contribution in [3.05, 3.63) is 39.6 Å². The Hall–Kier alpha value is -1.97. The van der Waals surface area contributed by atoms with Gasteiger partial charge in [-0.05, 0) is 13.0 Å². The van der Waals surface area contributed by atoms with Gasteiger partial charge in [0, 0.05) is 5.38 Å². The summed E-state index contributed by atoms with van der Waals surface area (Å²) in [6, 6.07) is 0.703. The molecule has 0 radical (unpaired) electrons. The summed E-state index contributed by atoms with van der Waals surface area (Å²) >= 11 is 2.25. The minimum Gasteiger partial charge on any atom is -0.503 e. The third-order valence-electron chi connectivity index (χ3n) is 3.08. The fraction of sp³-hybridized carbons (Fsp3) is 0.143. The number of hydrogen-bond acceptors (Lipinski definition) is 6. The molecule has 3 rings (SSSR count). The van der Waals surface area contributed by atoms with Crippen molar-refractivity contribution >= 4 is 22.7 Å². The van der Waals surface area contributed by atoms with Gasteiger partial charge in [0.2, 0.25) is 5.82 Å². The van der Waals surface area contributed by atoms with Crippen molar-refractivity contribution in [1.29, 1.82) is 0 Å². The van der Waals surface area contributed by atoms with E-state index in [4.69, 9.17) is 10.2 Å². The largest absolute Gasteiger partial charge is 0.503 e. The number of aliphatic hydroxyl groups is 1. The van der Waals surface area contributed by atoms with Gasteiger partial charge in [-0.15, -0.1) is 22.7 Å². The fourth-order valence-electron chi connectivity index (χ4n) is 2.00. The molecule has 2 N–H and O–H groups in total.